The summed E-state index contributed by atoms with van der Waals surface area (Å²) in [5.74, 6) is 0.605. The van der Waals surface area contributed by atoms with E-state index in [1.54, 1.807) is 0 Å². The van der Waals surface area contributed by atoms with Crippen LogP contribution in [0.3, 0.4) is 0 Å². The first-order chi connectivity index (χ1) is 4.18. The number of hydrogen-bond acceptors (Lipinski definition) is 1. The zero-order valence-electron chi connectivity index (χ0n) is 5.36. The highest BCUT2D eigenvalue weighted by molar-refractivity contribution is 6.31. The Bertz CT molecular complexity index is 160. The van der Waals surface area contributed by atoms with Crippen molar-refractivity contribution in [3.05, 3.63) is 11.1 Å². The van der Waals surface area contributed by atoms with E-state index >= 15 is 0 Å². The van der Waals surface area contributed by atoms with E-state index in [-0.39, 0.29) is 5.78 Å². The van der Waals surface area contributed by atoms with Crippen molar-refractivity contribution in [1.29, 1.82) is 0 Å². The van der Waals surface area contributed by atoms with Crippen molar-refractivity contribution in [2.75, 3.05) is 0 Å². The lowest BCUT2D eigenvalue weighted by Gasteiger charge is -2.12. The molecule has 0 saturated carbocycles. The molecule has 9 heavy (non-hydrogen) atoms. The van der Waals surface area contributed by atoms with Gasteiger partial charge in [0.1, 0.15) is 0 Å². The number of carbonyl (C=O) groups excluding carboxylic acids is 1. The maximum absolute atomic E-state index is 10.7. The normalized spacial score (nSPS) is 28.0. The number of hydrogen-bond donors (Lipinski definition) is 0. The van der Waals surface area contributed by atoms with Crippen molar-refractivity contribution in [2.24, 2.45) is 5.92 Å². The van der Waals surface area contributed by atoms with Gasteiger partial charge in [-0.3, -0.25) is 4.79 Å². The standard InChI is InChI=1S/C7H9ClO/c1-5-2-6(8)4-7(9)3-5/h4-5H,2-3H2,1H3/t5-/m0/s1. The molecule has 0 aliphatic heterocycles. The van der Waals surface area contributed by atoms with Crippen molar-refractivity contribution in [2.45, 2.75) is 19.8 Å². The van der Waals surface area contributed by atoms with Gasteiger partial charge in [-0.1, -0.05) is 18.5 Å². The van der Waals surface area contributed by atoms with E-state index in [2.05, 4.69) is 0 Å². The van der Waals surface area contributed by atoms with Crippen molar-refractivity contribution >= 4 is 17.4 Å². The Hall–Kier alpha value is -0.300. The van der Waals surface area contributed by atoms with Crippen LogP contribution in [0.1, 0.15) is 19.8 Å². The molecule has 0 spiro atoms. The Morgan fingerprint density at radius 2 is 2.33 bits per heavy atom. The second kappa shape index (κ2) is 2.53. The Kier molecular flexibility index (Phi) is 1.91. The molecular formula is C7H9ClO. The van der Waals surface area contributed by atoms with Crippen LogP contribution in [0.5, 0.6) is 0 Å². The number of ketones is 1. The predicted molar refractivity (Wildman–Crippen MR) is 37.3 cm³/mol. The molecule has 0 unspecified atom stereocenters. The molecule has 1 atom stereocenters. The van der Waals surface area contributed by atoms with Crippen LogP contribution in [0.2, 0.25) is 0 Å². The molecule has 2 heteroatoms. The Morgan fingerprint density at radius 3 is 2.78 bits per heavy atom. The summed E-state index contributed by atoms with van der Waals surface area (Å²) >= 11 is 5.65. The zero-order valence-corrected chi connectivity index (χ0v) is 6.11. The fourth-order valence-corrected chi connectivity index (χ4v) is 1.43. The molecule has 0 bridgehead atoms. The van der Waals surface area contributed by atoms with Crippen molar-refractivity contribution < 1.29 is 4.79 Å². The first-order valence-electron chi connectivity index (χ1n) is 3.07. The van der Waals surface area contributed by atoms with E-state index in [0.29, 0.717) is 17.4 Å². The molecule has 0 saturated heterocycles. The molecule has 0 aromatic heterocycles. The largest absolute Gasteiger partial charge is 0.295 e. The lowest BCUT2D eigenvalue weighted by atomic mass is 9.95. The first kappa shape index (κ1) is 6.81. The van der Waals surface area contributed by atoms with Crippen LogP contribution in [0.25, 0.3) is 0 Å². The number of rotatable bonds is 0. The third kappa shape index (κ3) is 1.83. The average Bonchev–Trinajstić information content (AvgIpc) is 1.59. The van der Waals surface area contributed by atoms with E-state index in [1.807, 2.05) is 6.92 Å². The van der Waals surface area contributed by atoms with Gasteiger partial charge in [0.25, 0.3) is 0 Å². The molecule has 0 radical (unpaired) electrons. The minimum atomic E-state index is 0.166. The average molecular weight is 145 g/mol. The van der Waals surface area contributed by atoms with Crippen molar-refractivity contribution in [3.63, 3.8) is 0 Å². The molecule has 0 heterocycles. The monoisotopic (exact) mass is 144 g/mol. The van der Waals surface area contributed by atoms with Gasteiger partial charge in [0.2, 0.25) is 0 Å². The quantitative estimate of drug-likeness (QED) is 0.509. The summed E-state index contributed by atoms with van der Waals surface area (Å²) in [5.41, 5.74) is 0. The van der Waals surface area contributed by atoms with Gasteiger partial charge < -0.3 is 0 Å². The fourth-order valence-electron chi connectivity index (χ4n) is 1.04. The molecule has 0 amide bonds. The number of carbonyl (C=O) groups is 1. The van der Waals surface area contributed by atoms with E-state index in [1.165, 1.54) is 6.08 Å². The second-order valence-electron chi connectivity index (χ2n) is 2.57. The van der Waals surface area contributed by atoms with Gasteiger partial charge in [-0.25, -0.2) is 0 Å². The number of halogens is 1. The zero-order chi connectivity index (χ0) is 6.85. The van der Waals surface area contributed by atoms with Gasteiger partial charge in [0.15, 0.2) is 5.78 Å². The van der Waals surface area contributed by atoms with Crippen LogP contribution in [-0.4, -0.2) is 5.78 Å². The van der Waals surface area contributed by atoms with E-state index < -0.39 is 0 Å². The molecular weight excluding hydrogens is 136 g/mol. The Balaban J connectivity index is 2.67. The summed E-state index contributed by atoms with van der Waals surface area (Å²) < 4.78 is 0. The lowest BCUT2D eigenvalue weighted by molar-refractivity contribution is -0.115. The van der Waals surface area contributed by atoms with Crippen LogP contribution in [0.15, 0.2) is 11.1 Å². The Morgan fingerprint density at radius 1 is 1.67 bits per heavy atom. The second-order valence-corrected chi connectivity index (χ2v) is 3.06. The maximum atomic E-state index is 10.7. The summed E-state index contributed by atoms with van der Waals surface area (Å²) in [5, 5.41) is 0.707. The van der Waals surface area contributed by atoms with Gasteiger partial charge in [-0.15, -0.1) is 0 Å². The van der Waals surface area contributed by atoms with E-state index in [0.717, 1.165) is 6.42 Å². The van der Waals surface area contributed by atoms with E-state index in [9.17, 15) is 4.79 Å². The maximum Gasteiger partial charge on any atom is 0.157 e. The van der Waals surface area contributed by atoms with Crippen molar-refractivity contribution in [3.8, 4) is 0 Å². The summed E-state index contributed by atoms with van der Waals surface area (Å²) in [7, 11) is 0. The highest BCUT2D eigenvalue weighted by Crippen LogP contribution is 2.23. The van der Waals surface area contributed by atoms with Crippen LogP contribution < -0.4 is 0 Å². The van der Waals surface area contributed by atoms with Crippen LogP contribution >= 0.6 is 11.6 Å². The summed E-state index contributed by atoms with van der Waals surface area (Å²) in [6, 6.07) is 0. The highest BCUT2D eigenvalue weighted by Gasteiger charge is 2.14. The molecule has 0 aromatic rings. The van der Waals surface area contributed by atoms with Gasteiger partial charge in [-0.05, 0) is 18.4 Å². The molecule has 1 rings (SSSR count). The van der Waals surface area contributed by atoms with Gasteiger partial charge >= 0.3 is 0 Å². The lowest BCUT2D eigenvalue weighted by Crippen LogP contribution is -2.08. The molecule has 0 aromatic carbocycles. The highest BCUT2D eigenvalue weighted by atomic mass is 35.5. The van der Waals surface area contributed by atoms with Crippen LogP contribution in [0, 0.1) is 5.92 Å². The minimum absolute atomic E-state index is 0.166. The minimum Gasteiger partial charge on any atom is -0.295 e. The van der Waals surface area contributed by atoms with Gasteiger partial charge in [0.05, 0.1) is 0 Å². The molecule has 1 aliphatic rings. The molecule has 0 fully saturated rings. The predicted octanol–water partition coefficient (Wildman–Crippen LogP) is 2.11. The SMILES string of the molecule is C[C@@H]1CC(=O)C=C(Cl)C1. The topological polar surface area (TPSA) is 17.1 Å². The fraction of sp³-hybridized carbons (Fsp3) is 0.571. The smallest absolute Gasteiger partial charge is 0.157 e. The molecule has 1 aliphatic carbocycles. The van der Waals surface area contributed by atoms with Gasteiger partial charge in [-0.2, -0.15) is 0 Å². The van der Waals surface area contributed by atoms with Gasteiger partial charge in [0, 0.05) is 11.5 Å². The van der Waals surface area contributed by atoms with Crippen LogP contribution in [0.4, 0.5) is 0 Å². The molecule has 50 valence electrons. The first-order valence-corrected chi connectivity index (χ1v) is 3.45. The molecule has 1 nitrogen and oxygen atoms in total. The summed E-state index contributed by atoms with van der Waals surface area (Å²) in [6.45, 7) is 2.04. The third-order valence-corrected chi connectivity index (χ3v) is 1.67. The van der Waals surface area contributed by atoms with E-state index in [4.69, 9.17) is 11.6 Å². The molecule has 0 N–H and O–H groups in total. The number of allylic oxidation sites excluding steroid dienone is 2. The van der Waals surface area contributed by atoms with Crippen molar-refractivity contribution in [1.82, 2.24) is 0 Å². The summed E-state index contributed by atoms with van der Waals surface area (Å²) in [6.07, 6.45) is 3.06. The summed E-state index contributed by atoms with van der Waals surface area (Å²) in [4.78, 5) is 10.7. The third-order valence-electron chi connectivity index (χ3n) is 1.41. The van der Waals surface area contributed by atoms with Crippen LogP contribution in [-0.2, 0) is 4.79 Å². The Labute approximate surface area is 59.7 Å².